The maximum absolute atomic E-state index is 12.1. The number of nitrogens with one attached hydrogen (secondary N) is 1. The molecule has 0 unspecified atom stereocenters. The number of aryl methyl sites for hydroxylation is 1. The monoisotopic (exact) mass is 348 g/mol. The fourth-order valence-corrected chi connectivity index (χ4v) is 2.52. The fourth-order valence-electron chi connectivity index (χ4n) is 1.87. The molecule has 0 aliphatic heterocycles. The SMILES string of the molecule is Cc1nsc(N)c1C(=O)O[C@@H](C)C(=O)Nc1ccc(C(N)=O)cc1. The normalized spacial score (nSPS) is 11.6. The zero-order valence-electron chi connectivity index (χ0n) is 13.0. The number of aromatic nitrogens is 1. The molecule has 2 aromatic rings. The molecule has 9 heteroatoms. The molecular formula is C15H16N4O4S. The maximum Gasteiger partial charge on any atom is 0.343 e. The fraction of sp³-hybridized carbons (Fsp3) is 0.200. The number of rotatable bonds is 5. The number of esters is 1. The van der Waals surface area contributed by atoms with Crippen LogP contribution in [0.4, 0.5) is 10.7 Å². The first-order valence-corrected chi connectivity index (χ1v) is 7.70. The van der Waals surface area contributed by atoms with Gasteiger partial charge >= 0.3 is 5.97 Å². The minimum atomic E-state index is -1.04. The van der Waals surface area contributed by atoms with Crippen molar-refractivity contribution in [2.45, 2.75) is 20.0 Å². The molecule has 1 aromatic carbocycles. The Morgan fingerprint density at radius 1 is 1.25 bits per heavy atom. The molecule has 2 amide bonds. The number of hydrogen-bond acceptors (Lipinski definition) is 7. The summed E-state index contributed by atoms with van der Waals surface area (Å²) in [6.45, 7) is 3.07. The van der Waals surface area contributed by atoms with Gasteiger partial charge in [-0.15, -0.1) is 0 Å². The van der Waals surface area contributed by atoms with Crippen LogP contribution < -0.4 is 16.8 Å². The topological polar surface area (TPSA) is 137 Å². The number of nitrogen functional groups attached to an aromatic ring is 1. The van der Waals surface area contributed by atoms with Crippen molar-refractivity contribution in [2.75, 3.05) is 11.1 Å². The molecule has 126 valence electrons. The highest BCUT2D eigenvalue weighted by molar-refractivity contribution is 7.10. The van der Waals surface area contributed by atoms with E-state index in [9.17, 15) is 14.4 Å². The second-order valence-electron chi connectivity index (χ2n) is 4.99. The predicted molar refractivity (Wildman–Crippen MR) is 89.7 cm³/mol. The average Bonchev–Trinajstić information content (AvgIpc) is 2.86. The molecule has 0 fully saturated rings. The van der Waals surface area contributed by atoms with Gasteiger partial charge in [0, 0.05) is 11.3 Å². The summed E-state index contributed by atoms with van der Waals surface area (Å²) in [5.41, 5.74) is 12.2. The van der Waals surface area contributed by atoms with E-state index in [0.717, 1.165) is 11.5 Å². The average molecular weight is 348 g/mol. The van der Waals surface area contributed by atoms with Crippen LogP contribution in [0.2, 0.25) is 0 Å². The van der Waals surface area contributed by atoms with Gasteiger partial charge in [-0.05, 0) is 49.6 Å². The largest absolute Gasteiger partial charge is 0.449 e. The summed E-state index contributed by atoms with van der Waals surface area (Å²) in [5.74, 6) is -1.78. The molecule has 0 radical (unpaired) electrons. The second kappa shape index (κ2) is 7.09. The van der Waals surface area contributed by atoms with Crippen molar-refractivity contribution in [2.24, 2.45) is 5.73 Å². The van der Waals surface area contributed by atoms with Gasteiger partial charge in [0.15, 0.2) is 6.10 Å². The summed E-state index contributed by atoms with van der Waals surface area (Å²) in [5, 5.41) is 2.82. The number of amides is 2. The Morgan fingerprint density at radius 3 is 2.38 bits per heavy atom. The molecule has 0 aliphatic rings. The molecule has 0 bridgehead atoms. The molecule has 1 aromatic heterocycles. The quantitative estimate of drug-likeness (QED) is 0.697. The Morgan fingerprint density at radius 2 is 1.88 bits per heavy atom. The van der Waals surface area contributed by atoms with Crippen molar-refractivity contribution in [3.8, 4) is 0 Å². The van der Waals surface area contributed by atoms with Gasteiger partial charge in [0.2, 0.25) is 5.91 Å². The number of carbonyl (C=O) groups excluding carboxylic acids is 3. The van der Waals surface area contributed by atoms with Crippen LogP contribution in [0.5, 0.6) is 0 Å². The van der Waals surface area contributed by atoms with Crippen LogP contribution in [0.3, 0.4) is 0 Å². The van der Waals surface area contributed by atoms with Gasteiger partial charge in [-0.2, -0.15) is 4.37 Å². The molecule has 1 atom stereocenters. The maximum atomic E-state index is 12.1. The zero-order chi connectivity index (χ0) is 17.9. The van der Waals surface area contributed by atoms with Crippen molar-refractivity contribution in [3.05, 3.63) is 41.1 Å². The van der Waals surface area contributed by atoms with Crippen molar-refractivity contribution in [3.63, 3.8) is 0 Å². The summed E-state index contributed by atoms with van der Waals surface area (Å²) in [7, 11) is 0. The van der Waals surface area contributed by atoms with Gasteiger partial charge in [-0.3, -0.25) is 9.59 Å². The van der Waals surface area contributed by atoms with Gasteiger partial charge in [0.05, 0.1) is 5.69 Å². The molecule has 0 spiro atoms. The third-order valence-electron chi connectivity index (χ3n) is 3.18. The van der Waals surface area contributed by atoms with Crippen molar-refractivity contribution >= 4 is 40.0 Å². The van der Waals surface area contributed by atoms with Gasteiger partial charge < -0.3 is 21.5 Å². The van der Waals surface area contributed by atoms with E-state index >= 15 is 0 Å². The Bertz CT molecular complexity index is 766. The lowest BCUT2D eigenvalue weighted by Crippen LogP contribution is -2.30. The highest BCUT2D eigenvalue weighted by Gasteiger charge is 2.23. The Kier molecular flexibility index (Phi) is 5.14. The number of primary amides is 1. The van der Waals surface area contributed by atoms with Crippen LogP contribution in [-0.4, -0.2) is 28.3 Å². The van der Waals surface area contributed by atoms with Crippen LogP contribution >= 0.6 is 11.5 Å². The van der Waals surface area contributed by atoms with E-state index in [1.54, 1.807) is 6.92 Å². The van der Waals surface area contributed by atoms with E-state index < -0.39 is 23.9 Å². The highest BCUT2D eigenvalue weighted by Crippen LogP contribution is 2.22. The van der Waals surface area contributed by atoms with E-state index in [1.807, 2.05) is 0 Å². The van der Waals surface area contributed by atoms with Crippen molar-refractivity contribution < 1.29 is 19.1 Å². The first kappa shape index (κ1) is 17.4. The smallest absolute Gasteiger partial charge is 0.343 e. The van der Waals surface area contributed by atoms with Gasteiger partial charge in [-0.25, -0.2) is 4.79 Å². The summed E-state index contributed by atoms with van der Waals surface area (Å²) in [6, 6.07) is 6.01. The van der Waals surface area contributed by atoms with Crippen molar-refractivity contribution in [1.29, 1.82) is 0 Å². The Labute approximate surface area is 142 Å². The summed E-state index contributed by atoms with van der Waals surface area (Å²) >= 11 is 0.990. The molecular weight excluding hydrogens is 332 g/mol. The molecule has 1 heterocycles. The van der Waals surface area contributed by atoms with Crippen LogP contribution in [0.25, 0.3) is 0 Å². The molecule has 5 N–H and O–H groups in total. The van der Waals surface area contributed by atoms with Crippen LogP contribution in [0.15, 0.2) is 24.3 Å². The number of carbonyl (C=O) groups is 3. The highest BCUT2D eigenvalue weighted by atomic mass is 32.1. The van der Waals surface area contributed by atoms with E-state index in [0.29, 0.717) is 16.9 Å². The van der Waals surface area contributed by atoms with Crippen LogP contribution in [-0.2, 0) is 9.53 Å². The lowest BCUT2D eigenvalue weighted by molar-refractivity contribution is -0.123. The van der Waals surface area contributed by atoms with Crippen molar-refractivity contribution in [1.82, 2.24) is 4.37 Å². The number of nitrogens with two attached hydrogens (primary N) is 2. The summed E-state index contributed by atoms with van der Waals surface area (Å²) < 4.78 is 9.07. The van der Waals surface area contributed by atoms with E-state index in [4.69, 9.17) is 16.2 Å². The van der Waals surface area contributed by atoms with E-state index in [-0.39, 0.29) is 10.6 Å². The summed E-state index contributed by atoms with van der Waals surface area (Å²) in [6.07, 6.45) is -1.04. The molecule has 24 heavy (non-hydrogen) atoms. The number of hydrogen-bond donors (Lipinski definition) is 3. The van der Waals surface area contributed by atoms with Crippen LogP contribution in [0.1, 0.15) is 33.3 Å². The van der Waals surface area contributed by atoms with Gasteiger partial charge in [0.1, 0.15) is 10.6 Å². The molecule has 8 nitrogen and oxygen atoms in total. The van der Waals surface area contributed by atoms with E-state index in [2.05, 4.69) is 9.69 Å². The Hall–Kier alpha value is -2.94. The molecule has 0 saturated carbocycles. The van der Waals surface area contributed by atoms with Gasteiger partial charge in [-0.1, -0.05) is 0 Å². The number of ether oxygens (including phenoxy) is 1. The van der Waals surface area contributed by atoms with E-state index in [1.165, 1.54) is 31.2 Å². The van der Waals surface area contributed by atoms with Gasteiger partial charge in [0.25, 0.3) is 5.91 Å². The lowest BCUT2D eigenvalue weighted by Gasteiger charge is -2.13. The molecule has 0 aliphatic carbocycles. The first-order valence-electron chi connectivity index (χ1n) is 6.93. The number of nitrogens with zero attached hydrogens (tertiary/aromatic N) is 1. The second-order valence-corrected chi connectivity index (χ2v) is 5.79. The summed E-state index contributed by atoms with van der Waals surface area (Å²) in [4.78, 5) is 35.1. The Balaban J connectivity index is 1.99. The number of benzene rings is 1. The van der Waals surface area contributed by atoms with Crippen LogP contribution in [0, 0.1) is 6.92 Å². The predicted octanol–water partition coefficient (Wildman–Crippen LogP) is 1.32. The molecule has 2 rings (SSSR count). The third-order valence-corrected chi connectivity index (χ3v) is 3.95. The minimum Gasteiger partial charge on any atom is -0.449 e. The number of anilines is 2. The lowest BCUT2D eigenvalue weighted by atomic mass is 10.2. The molecule has 0 saturated heterocycles. The first-order chi connectivity index (χ1) is 11.3. The third kappa shape index (κ3) is 3.87. The minimum absolute atomic E-state index is 0.172. The standard InChI is InChI=1S/C15H16N4O4S/c1-7-11(13(17)24-19-7)15(22)23-8(2)14(21)18-10-5-3-9(4-6-10)12(16)20/h3-6,8H,17H2,1-2H3,(H2,16,20)(H,18,21)/t8-/m0/s1. The zero-order valence-corrected chi connectivity index (χ0v) is 13.8.